The van der Waals surface area contributed by atoms with Gasteiger partial charge >= 0.3 is 0 Å². The van der Waals surface area contributed by atoms with Crippen molar-refractivity contribution in [2.45, 2.75) is 57.3 Å². The number of carbonyl (C=O) groups is 1. The number of rotatable bonds is 5. The van der Waals surface area contributed by atoms with Gasteiger partial charge in [0.1, 0.15) is 5.75 Å². The van der Waals surface area contributed by atoms with Crippen LogP contribution in [0.15, 0.2) is 30.6 Å². The average molecular weight is 409 g/mol. The summed E-state index contributed by atoms with van der Waals surface area (Å²) in [5, 5.41) is 12.9. The molecule has 8 nitrogen and oxygen atoms in total. The van der Waals surface area contributed by atoms with Gasteiger partial charge in [-0.2, -0.15) is 10.2 Å². The summed E-state index contributed by atoms with van der Waals surface area (Å²) < 4.78 is 15.7. The standard InChI is InChI=1S/C22H27N5O3/c1-14(2)30-18-10-17-15(9-16(18)20(28)23-19-5-8-26(4)25-19)11-27(24-17)22-7-6-21(3,12-22)29-13-22/h5,8-11,14H,6-7,12-13H2,1-4H3,(H,23,25,28). The SMILES string of the molecule is CC(C)Oc1cc2nn(C34CCC(C)(C3)OC4)cc2cc1C(=O)Nc1ccn(C)n1. The minimum Gasteiger partial charge on any atom is -0.490 e. The minimum absolute atomic E-state index is 0.0439. The molecule has 1 saturated heterocycles. The fraction of sp³-hybridized carbons (Fsp3) is 0.500. The summed E-state index contributed by atoms with van der Waals surface area (Å²) in [6.45, 7) is 6.74. The number of aromatic nitrogens is 4. The van der Waals surface area contributed by atoms with Crippen LogP contribution in [0.5, 0.6) is 5.75 Å². The van der Waals surface area contributed by atoms with E-state index in [0.29, 0.717) is 23.7 Å². The molecule has 1 aliphatic heterocycles. The quantitative estimate of drug-likeness (QED) is 0.698. The number of hydrogen-bond donors (Lipinski definition) is 1. The zero-order chi connectivity index (χ0) is 21.1. The molecule has 2 bridgehead atoms. The summed E-state index contributed by atoms with van der Waals surface area (Å²) >= 11 is 0. The molecule has 2 aliphatic rings. The van der Waals surface area contributed by atoms with E-state index in [2.05, 4.69) is 22.0 Å². The highest BCUT2D eigenvalue weighted by Gasteiger charge is 2.54. The number of fused-ring (bicyclic) bond motifs is 3. The van der Waals surface area contributed by atoms with Crippen LogP contribution >= 0.6 is 0 Å². The van der Waals surface area contributed by atoms with Gasteiger partial charge in [0.05, 0.1) is 34.9 Å². The number of ether oxygens (including phenoxy) is 2. The Kier molecular flexibility index (Phi) is 4.18. The summed E-state index contributed by atoms with van der Waals surface area (Å²) in [5.74, 6) is 0.767. The lowest BCUT2D eigenvalue weighted by Gasteiger charge is -2.26. The summed E-state index contributed by atoms with van der Waals surface area (Å²) in [6.07, 6.45) is 6.82. The first kappa shape index (κ1) is 19.1. The molecule has 3 aromatic rings. The maximum Gasteiger partial charge on any atom is 0.260 e. The molecule has 1 amide bonds. The second kappa shape index (κ2) is 6.57. The van der Waals surface area contributed by atoms with E-state index < -0.39 is 0 Å². The molecule has 2 aromatic heterocycles. The van der Waals surface area contributed by atoms with Gasteiger partial charge in [0, 0.05) is 43.4 Å². The van der Waals surface area contributed by atoms with E-state index in [1.807, 2.05) is 39.2 Å². The van der Waals surface area contributed by atoms with Gasteiger partial charge in [-0.25, -0.2) is 0 Å². The highest BCUT2D eigenvalue weighted by atomic mass is 16.5. The molecular weight excluding hydrogens is 382 g/mol. The first-order chi connectivity index (χ1) is 14.3. The van der Waals surface area contributed by atoms with Gasteiger partial charge in [0.25, 0.3) is 5.91 Å². The van der Waals surface area contributed by atoms with Gasteiger partial charge < -0.3 is 14.8 Å². The molecule has 1 aromatic carbocycles. The lowest BCUT2D eigenvalue weighted by molar-refractivity contribution is -0.0149. The molecule has 0 radical (unpaired) electrons. The molecule has 8 heteroatoms. The Hall–Kier alpha value is -2.87. The Morgan fingerprint density at radius 2 is 2.13 bits per heavy atom. The van der Waals surface area contributed by atoms with E-state index in [4.69, 9.17) is 14.6 Å². The normalized spacial score (nSPS) is 25.4. The van der Waals surface area contributed by atoms with E-state index >= 15 is 0 Å². The van der Waals surface area contributed by atoms with Gasteiger partial charge in [0.2, 0.25) is 0 Å². The number of anilines is 1. The number of aryl methyl sites for hydroxylation is 1. The Morgan fingerprint density at radius 1 is 1.30 bits per heavy atom. The summed E-state index contributed by atoms with van der Waals surface area (Å²) in [4.78, 5) is 13.0. The van der Waals surface area contributed by atoms with Crippen molar-refractivity contribution in [3.05, 3.63) is 36.2 Å². The summed E-state index contributed by atoms with van der Waals surface area (Å²) in [5.41, 5.74) is 1.15. The van der Waals surface area contributed by atoms with Crippen LogP contribution < -0.4 is 10.1 Å². The Bertz CT molecular complexity index is 1120. The molecular formula is C22H27N5O3. The van der Waals surface area contributed by atoms with Gasteiger partial charge in [-0.05, 0) is 39.7 Å². The van der Waals surface area contributed by atoms with Crippen LogP contribution in [-0.4, -0.2) is 43.8 Å². The molecule has 0 spiro atoms. The number of nitrogens with one attached hydrogen (secondary N) is 1. The smallest absolute Gasteiger partial charge is 0.260 e. The summed E-state index contributed by atoms with van der Waals surface area (Å²) in [7, 11) is 1.81. The van der Waals surface area contributed by atoms with Crippen molar-refractivity contribution in [2.24, 2.45) is 7.05 Å². The monoisotopic (exact) mass is 409 g/mol. The van der Waals surface area contributed by atoms with Crippen LogP contribution in [0.2, 0.25) is 0 Å². The molecule has 30 heavy (non-hydrogen) atoms. The molecule has 1 N–H and O–H groups in total. The first-order valence-corrected chi connectivity index (χ1v) is 10.4. The number of benzene rings is 1. The van der Waals surface area contributed by atoms with Crippen molar-refractivity contribution in [3.8, 4) is 5.75 Å². The number of carbonyl (C=O) groups excluding carboxylic acids is 1. The third kappa shape index (κ3) is 3.15. The van der Waals surface area contributed by atoms with Crippen molar-refractivity contribution in [2.75, 3.05) is 11.9 Å². The Balaban J connectivity index is 1.53. The highest BCUT2D eigenvalue weighted by Crippen LogP contribution is 2.51. The molecule has 2 fully saturated rings. The maximum absolute atomic E-state index is 13.0. The van der Waals surface area contributed by atoms with Crippen LogP contribution in [0.4, 0.5) is 5.82 Å². The maximum atomic E-state index is 13.0. The van der Waals surface area contributed by atoms with Gasteiger partial charge in [-0.1, -0.05) is 0 Å². The van der Waals surface area contributed by atoms with Gasteiger partial charge in [0.15, 0.2) is 5.82 Å². The minimum atomic E-state index is -0.255. The summed E-state index contributed by atoms with van der Waals surface area (Å²) in [6, 6.07) is 5.48. The third-order valence-electron chi connectivity index (χ3n) is 6.17. The molecule has 2 atom stereocenters. The van der Waals surface area contributed by atoms with Gasteiger partial charge in [-0.15, -0.1) is 0 Å². The third-order valence-corrected chi connectivity index (χ3v) is 6.17. The number of hydrogen-bond acceptors (Lipinski definition) is 5. The number of amides is 1. The van der Waals surface area contributed by atoms with Crippen molar-refractivity contribution in [1.82, 2.24) is 19.6 Å². The van der Waals surface area contributed by atoms with E-state index in [-0.39, 0.29) is 23.2 Å². The fourth-order valence-electron chi connectivity index (χ4n) is 4.68. The zero-order valence-electron chi connectivity index (χ0n) is 17.8. The van der Waals surface area contributed by atoms with E-state index in [9.17, 15) is 4.79 Å². The largest absolute Gasteiger partial charge is 0.490 e. The zero-order valence-corrected chi connectivity index (χ0v) is 17.8. The van der Waals surface area contributed by atoms with E-state index in [0.717, 1.165) is 30.2 Å². The van der Waals surface area contributed by atoms with E-state index in [1.165, 1.54) is 0 Å². The van der Waals surface area contributed by atoms with Crippen LogP contribution in [0.25, 0.3) is 10.9 Å². The van der Waals surface area contributed by atoms with Crippen LogP contribution in [0.1, 0.15) is 50.4 Å². The molecule has 1 saturated carbocycles. The lowest BCUT2D eigenvalue weighted by atomic mass is 9.99. The van der Waals surface area contributed by atoms with Crippen molar-refractivity contribution < 1.29 is 14.3 Å². The predicted molar refractivity (Wildman–Crippen MR) is 113 cm³/mol. The second-order valence-electron chi connectivity index (χ2n) is 9.12. The molecule has 3 heterocycles. The average Bonchev–Trinajstić information content (AvgIpc) is 3.42. The van der Waals surface area contributed by atoms with Crippen molar-refractivity contribution in [3.63, 3.8) is 0 Å². The lowest BCUT2D eigenvalue weighted by Crippen LogP contribution is -2.33. The molecule has 158 valence electrons. The van der Waals surface area contributed by atoms with Gasteiger partial charge in [-0.3, -0.25) is 14.2 Å². The first-order valence-electron chi connectivity index (χ1n) is 10.4. The number of nitrogens with zero attached hydrogens (tertiary/aromatic N) is 4. The van der Waals surface area contributed by atoms with Crippen LogP contribution in [-0.2, 0) is 17.3 Å². The molecule has 1 aliphatic carbocycles. The predicted octanol–water partition coefficient (Wildman–Crippen LogP) is 3.48. The molecule has 5 rings (SSSR count). The second-order valence-corrected chi connectivity index (χ2v) is 9.12. The Labute approximate surface area is 175 Å². The Morgan fingerprint density at radius 3 is 2.73 bits per heavy atom. The highest BCUT2D eigenvalue weighted by molar-refractivity contribution is 6.08. The van der Waals surface area contributed by atoms with Crippen LogP contribution in [0.3, 0.4) is 0 Å². The van der Waals surface area contributed by atoms with Crippen molar-refractivity contribution in [1.29, 1.82) is 0 Å². The molecule has 2 unspecified atom stereocenters. The fourth-order valence-corrected chi connectivity index (χ4v) is 4.68. The van der Waals surface area contributed by atoms with E-state index in [1.54, 1.807) is 16.9 Å². The van der Waals surface area contributed by atoms with Crippen LogP contribution in [0, 0.1) is 0 Å². The topological polar surface area (TPSA) is 83.2 Å². The van der Waals surface area contributed by atoms with Crippen molar-refractivity contribution >= 4 is 22.6 Å².